The topological polar surface area (TPSA) is 146 Å². The van der Waals surface area contributed by atoms with E-state index in [-0.39, 0.29) is 38.9 Å². The molecule has 28 heavy (non-hydrogen) atoms. The number of hydroxylamine groups is 4. The van der Waals surface area contributed by atoms with Gasteiger partial charge in [-0.1, -0.05) is 10.1 Å². The Labute approximate surface area is 159 Å². The molecule has 2 rings (SSSR count). The third-order valence-electron chi connectivity index (χ3n) is 3.82. The van der Waals surface area contributed by atoms with Gasteiger partial charge in [0.1, 0.15) is 0 Å². The van der Waals surface area contributed by atoms with Gasteiger partial charge < -0.3 is 9.47 Å². The standard InChI is InChI=1S/C16H20N2O10/c19-11-5-6-12(20)17(11)27-15(23)25-9-3-1-2-4-10-26-16(24)28-18-13(21)7-8-14(18)22/h1-10H2. The summed E-state index contributed by atoms with van der Waals surface area (Å²) in [5.74, 6) is -2.34. The van der Waals surface area contributed by atoms with E-state index in [1.165, 1.54) is 0 Å². The van der Waals surface area contributed by atoms with Crippen molar-refractivity contribution in [2.24, 2.45) is 0 Å². The Morgan fingerprint density at radius 2 is 0.929 bits per heavy atom. The van der Waals surface area contributed by atoms with E-state index < -0.39 is 35.9 Å². The molecule has 0 atom stereocenters. The lowest BCUT2D eigenvalue weighted by Gasteiger charge is -2.12. The Morgan fingerprint density at radius 1 is 0.607 bits per heavy atom. The Bertz CT molecular complexity index is 574. The molecule has 2 aliphatic heterocycles. The molecule has 0 spiro atoms. The van der Waals surface area contributed by atoms with Crippen LogP contribution >= 0.6 is 0 Å². The molecule has 4 amide bonds. The second-order valence-electron chi connectivity index (χ2n) is 5.96. The maximum Gasteiger partial charge on any atom is 0.533 e. The largest absolute Gasteiger partial charge is 0.533 e. The number of unbranched alkanes of at least 4 members (excludes halogenated alkanes) is 3. The van der Waals surface area contributed by atoms with E-state index in [2.05, 4.69) is 9.68 Å². The van der Waals surface area contributed by atoms with Gasteiger partial charge in [-0.3, -0.25) is 28.9 Å². The molecule has 0 aliphatic carbocycles. The van der Waals surface area contributed by atoms with Gasteiger partial charge in [0.15, 0.2) is 0 Å². The Kier molecular flexibility index (Phi) is 7.72. The van der Waals surface area contributed by atoms with Gasteiger partial charge in [-0.2, -0.15) is 0 Å². The zero-order valence-corrected chi connectivity index (χ0v) is 15.0. The van der Waals surface area contributed by atoms with Crippen molar-refractivity contribution in [2.45, 2.75) is 51.4 Å². The highest BCUT2D eigenvalue weighted by Gasteiger charge is 2.34. The molecule has 0 saturated carbocycles. The van der Waals surface area contributed by atoms with Crippen molar-refractivity contribution < 1.29 is 47.9 Å². The molecule has 154 valence electrons. The highest BCUT2D eigenvalue weighted by molar-refractivity contribution is 6.01. The average Bonchev–Trinajstić information content (AvgIpc) is 3.14. The first-order chi connectivity index (χ1) is 13.4. The molecule has 2 saturated heterocycles. The normalized spacial score (nSPS) is 16.6. The number of hydrogen-bond donors (Lipinski definition) is 0. The first-order valence-corrected chi connectivity index (χ1v) is 8.79. The molecule has 0 aromatic rings. The molecule has 2 fully saturated rings. The van der Waals surface area contributed by atoms with E-state index in [0.717, 1.165) is 0 Å². The van der Waals surface area contributed by atoms with Crippen LogP contribution in [-0.4, -0.2) is 59.3 Å². The summed E-state index contributed by atoms with van der Waals surface area (Å²) < 4.78 is 9.52. The molecule has 2 heterocycles. The fourth-order valence-electron chi connectivity index (χ4n) is 2.39. The third-order valence-corrected chi connectivity index (χ3v) is 3.82. The zero-order chi connectivity index (χ0) is 20.5. The molecule has 0 aromatic heterocycles. The van der Waals surface area contributed by atoms with Crippen molar-refractivity contribution in [1.29, 1.82) is 0 Å². The van der Waals surface area contributed by atoms with Crippen LogP contribution < -0.4 is 0 Å². The van der Waals surface area contributed by atoms with E-state index in [1.54, 1.807) is 0 Å². The van der Waals surface area contributed by atoms with Crippen LogP contribution in [0.3, 0.4) is 0 Å². The van der Waals surface area contributed by atoms with Crippen LogP contribution in [0.2, 0.25) is 0 Å². The SMILES string of the molecule is O=C(OCCCCCCOC(=O)ON1C(=O)CCC1=O)ON1C(=O)CCC1=O. The quantitative estimate of drug-likeness (QED) is 0.312. The summed E-state index contributed by atoms with van der Waals surface area (Å²) in [7, 11) is 0. The van der Waals surface area contributed by atoms with Crippen molar-refractivity contribution in [3.05, 3.63) is 0 Å². The lowest BCUT2D eigenvalue weighted by Crippen LogP contribution is -2.32. The number of imide groups is 2. The average molecular weight is 400 g/mol. The number of ether oxygens (including phenoxy) is 2. The monoisotopic (exact) mass is 400 g/mol. The molecule has 2 aliphatic rings. The van der Waals surface area contributed by atoms with E-state index in [0.29, 0.717) is 35.8 Å². The molecule has 0 radical (unpaired) electrons. The van der Waals surface area contributed by atoms with Gasteiger partial charge in [0, 0.05) is 25.7 Å². The highest BCUT2D eigenvalue weighted by Crippen LogP contribution is 2.14. The minimum atomic E-state index is -1.12. The molecular formula is C16H20N2O10. The summed E-state index contributed by atoms with van der Waals surface area (Å²) >= 11 is 0. The Balaban J connectivity index is 1.45. The van der Waals surface area contributed by atoms with Gasteiger partial charge >= 0.3 is 12.3 Å². The van der Waals surface area contributed by atoms with Gasteiger partial charge in [-0.25, -0.2) is 9.59 Å². The molecule has 0 unspecified atom stereocenters. The van der Waals surface area contributed by atoms with Crippen LogP contribution in [0.25, 0.3) is 0 Å². The first-order valence-electron chi connectivity index (χ1n) is 8.79. The van der Waals surface area contributed by atoms with E-state index in [4.69, 9.17) is 9.47 Å². The van der Waals surface area contributed by atoms with Gasteiger partial charge in [0.25, 0.3) is 23.6 Å². The summed E-state index contributed by atoms with van der Waals surface area (Å²) in [6.45, 7) is 0.0777. The summed E-state index contributed by atoms with van der Waals surface area (Å²) in [5, 5.41) is 0.810. The van der Waals surface area contributed by atoms with Crippen LogP contribution in [0.5, 0.6) is 0 Å². The van der Waals surface area contributed by atoms with Gasteiger partial charge in [-0.05, 0) is 25.7 Å². The lowest BCUT2D eigenvalue weighted by molar-refractivity contribution is -0.177. The third kappa shape index (κ3) is 6.21. The summed E-state index contributed by atoms with van der Waals surface area (Å²) in [6, 6.07) is 0. The van der Waals surface area contributed by atoms with Crippen molar-refractivity contribution in [1.82, 2.24) is 10.1 Å². The van der Waals surface area contributed by atoms with Crippen LogP contribution in [0.15, 0.2) is 0 Å². The number of hydrogen-bond acceptors (Lipinski definition) is 10. The van der Waals surface area contributed by atoms with E-state index >= 15 is 0 Å². The molecule has 0 N–H and O–H groups in total. The van der Waals surface area contributed by atoms with Crippen molar-refractivity contribution in [3.8, 4) is 0 Å². The Hall–Kier alpha value is -3.18. The zero-order valence-electron chi connectivity index (χ0n) is 15.0. The maximum atomic E-state index is 11.4. The van der Waals surface area contributed by atoms with E-state index in [1.807, 2.05) is 0 Å². The predicted molar refractivity (Wildman–Crippen MR) is 85.5 cm³/mol. The van der Waals surface area contributed by atoms with Crippen molar-refractivity contribution >= 4 is 35.9 Å². The van der Waals surface area contributed by atoms with Crippen molar-refractivity contribution in [3.63, 3.8) is 0 Å². The molecule has 0 bridgehead atoms. The van der Waals surface area contributed by atoms with Crippen LogP contribution in [0, 0.1) is 0 Å². The molecule has 0 aromatic carbocycles. The smallest absolute Gasteiger partial charge is 0.433 e. The van der Waals surface area contributed by atoms with Gasteiger partial charge in [0.2, 0.25) is 0 Å². The minimum Gasteiger partial charge on any atom is -0.433 e. The number of nitrogens with zero attached hydrogens (tertiary/aromatic N) is 2. The highest BCUT2D eigenvalue weighted by atomic mass is 16.8. The number of amides is 4. The number of carbonyl (C=O) groups excluding carboxylic acids is 6. The van der Waals surface area contributed by atoms with Crippen LogP contribution in [0.4, 0.5) is 9.59 Å². The molecule has 12 heteroatoms. The van der Waals surface area contributed by atoms with Gasteiger partial charge in [0.05, 0.1) is 13.2 Å². The maximum absolute atomic E-state index is 11.4. The lowest BCUT2D eigenvalue weighted by atomic mass is 10.2. The second-order valence-corrected chi connectivity index (χ2v) is 5.96. The summed E-state index contributed by atoms with van der Waals surface area (Å²) in [5.41, 5.74) is 0. The summed E-state index contributed by atoms with van der Waals surface area (Å²) in [4.78, 5) is 76.9. The fourth-order valence-corrected chi connectivity index (χ4v) is 2.39. The van der Waals surface area contributed by atoms with Crippen molar-refractivity contribution in [2.75, 3.05) is 13.2 Å². The van der Waals surface area contributed by atoms with E-state index in [9.17, 15) is 28.8 Å². The fraction of sp³-hybridized carbons (Fsp3) is 0.625. The van der Waals surface area contributed by atoms with Crippen LogP contribution in [0.1, 0.15) is 51.4 Å². The Morgan fingerprint density at radius 3 is 1.25 bits per heavy atom. The first kappa shape index (κ1) is 21.1. The summed E-state index contributed by atoms with van der Waals surface area (Å²) in [6.07, 6.45) is 0.0714. The number of rotatable bonds is 9. The second kappa shape index (κ2) is 10.2. The minimum absolute atomic E-state index is 0.00632. The number of carbonyl (C=O) groups is 6. The predicted octanol–water partition coefficient (Wildman–Crippen LogP) is 0.981. The van der Waals surface area contributed by atoms with Gasteiger partial charge in [-0.15, -0.1) is 0 Å². The van der Waals surface area contributed by atoms with Crippen LogP contribution in [-0.2, 0) is 38.3 Å². The molecular weight excluding hydrogens is 380 g/mol. The molecule has 12 nitrogen and oxygen atoms in total.